The topological polar surface area (TPSA) is 75.7 Å². The van der Waals surface area contributed by atoms with E-state index < -0.39 is 27.8 Å². The van der Waals surface area contributed by atoms with Crippen LogP contribution in [0.25, 0.3) is 0 Å². The Morgan fingerprint density at radius 2 is 1.95 bits per heavy atom. The van der Waals surface area contributed by atoms with Crippen molar-refractivity contribution in [3.8, 4) is 0 Å². The van der Waals surface area contributed by atoms with E-state index in [0.717, 1.165) is 22.7 Å². The average Bonchev–Trinajstić information content (AvgIpc) is 2.44. The number of halogens is 1. The van der Waals surface area contributed by atoms with E-state index in [1.807, 2.05) is 0 Å². The van der Waals surface area contributed by atoms with Crippen molar-refractivity contribution in [1.82, 2.24) is 5.32 Å². The van der Waals surface area contributed by atoms with E-state index in [1.54, 1.807) is 7.11 Å². The molecule has 1 aromatic rings. The molecule has 1 aromatic carbocycles. The van der Waals surface area contributed by atoms with E-state index in [4.69, 9.17) is 4.74 Å². The van der Waals surface area contributed by atoms with Gasteiger partial charge in [0.2, 0.25) is 15.9 Å². The fourth-order valence-corrected chi connectivity index (χ4v) is 3.15. The number of carbonyl (C=O) groups excluding carboxylic acids is 1. The van der Waals surface area contributed by atoms with E-state index in [0.29, 0.717) is 19.6 Å². The molecule has 0 aliphatic rings. The molecule has 22 heavy (non-hydrogen) atoms. The largest absolute Gasteiger partial charge is 0.385 e. The number of nitrogens with one attached hydrogen (secondary N) is 1. The fourth-order valence-electron chi connectivity index (χ4n) is 1.97. The average molecular weight is 332 g/mol. The minimum Gasteiger partial charge on any atom is -0.385 e. The van der Waals surface area contributed by atoms with Gasteiger partial charge in [-0.3, -0.25) is 9.10 Å². The van der Waals surface area contributed by atoms with E-state index in [-0.39, 0.29) is 5.69 Å². The Labute approximate surface area is 130 Å². The lowest BCUT2D eigenvalue weighted by molar-refractivity contribution is -0.121. The predicted octanol–water partition coefficient (Wildman–Crippen LogP) is 1.13. The minimum atomic E-state index is -3.68. The van der Waals surface area contributed by atoms with Gasteiger partial charge in [-0.1, -0.05) is 0 Å². The monoisotopic (exact) mass is 332 g/mol. The van der Waals surface area contributed by atoms with Crippen molar-refractivity contribution in [2.24, 2.45) is 0 Å². The molecule has 1 unspecified atom stereocenters. The molecule has 0 bridgehead atoms. The highest BCUT2D eigenvalue weighted by Crippen LogP contribution is 2.21. The third-order valence-electron chi connectivity index (χ3n) is 2.99. The Bertz CT molecular complexity index is 589. The number of amides is 1. The summed E-state index contributed by atoms with van der Waals surface area (Å²) in [5.74, 6) is -0.903. The molecule has 0 saturated carbocycles. The molecule has 0 radical (unpaired) electrons. The summed E-state index contributed by atoms with van der Waals surface area (Å²) in [6.45, 7) is 2.37. The van der Waals surface area contributed by atoms with Crippen molar-refractivity contribution in [2.45, 2.75) is 19.4 Å². The lowest BCUT2D eigenvalue weighted by Gasteiger charge is -2.28. The van der Waals surface area contributed by atoms with Crippen LogP contribution in [0, 0.1) is 5.82 Å². The van der Waals surface area contributed by atoms with Crippen molar-refractivity contribution < 1.29 is 22.3 Å². The summed E-state index contributed by atoms with van der Waals surface area (Å²) >= 11 is 0. The van der Waals surface area contributed by atoms with Gasteiger partial charge in [-0.25, -0.2) is 12.8 Å². The van der Waals surface area contributed by atoms with E-state index in [9.17, 15) is 17.6 Å². The maximum atomic E-state index is 13.0. The molecule has 124 valence electrons. The molecule has 0 fully saturated rings. The minimum absolute atomic E-state index is 0.239. The van der Waals surface area contributed by atoms with Crippen molar-refractivity contribution in [1.29, 1.82) is 0 Å². The molecule has 1 atom stereocenters. The zero-order valence-corrected chi connectivity index (χ0v) is 13.7. The van der Waals surface area contributed by atoms with E-state index >= 15 is 0 Å². The van der Waals surface area contributed by atoms with Crippen molar-refractivity contribution in [3.05, 3.63) is 30.1 Å². The van der Waals surface area contributed by atoms with Crippen LogP contribution in [-0.2, 0) is 19.6 Å². The molecule has 0 saturated heterocycles. The van der Waals surface area contributed by atoms with Gasteiger partial charge in [0.15, 0.2) is 0 Å². The predicted molar refractivity (Wildman–Crippen MR) is 82.7 cm³/mol. The second-order valence-electron chi connectivity index (χ2n) is 4.85. The second-order valence-corrected chi connectivity index (χ2v) is 6.71. The molecule has 0 aliphatic heterocycles. The molecule has 1 rings (SSSR count). The van der Waals surface area contributed by atoms with Gasteiger partial charge in [-0.15, -0.1) is 0 Å². The number of sulfonamides is 1. The number of methoxy groups -OCH3 is 1. The molecule has 0 aliphatic carbocycles. The number of anilines is 1. The summed E-state index contributed by atoms with van der Waals surface area (Å²) in [4.78, 5) is 12.1. The number of nitrogens with zero attached hydrogens (tertiary/aromatic N) is 1. The molecule has 0 heterocycles. The van der Waals surface area contributed by atoms with Gasteiger partial charge in [-0.2, -0.15) is 0 Å². The van der Waals surface area contributed by atoms with Gasteiger partial charge in [-0.05, 0) is 37.6 Å². The first kappa shape index (κ1) is 18.4. The highest BCUT2D eigenvalue weighted by atomic mass is 32.2. The number of ether oxygens (including phenoxy) is 1. The summed E-state index contributed by atoms with van der Waals surface area (Å²) in [6, 6.07) is 4.01. The summed E-state index contributed by atoms with van der Waals surface area (Å²) in [5.41, 5.74) is 0.239. The second kappa shape index (κ2) is 8.09. The van der Waals surface area contributed by atoms with Crippen LogP contribution in [0.4, 0.5) is 10.1 Å². The van der Waals surface area contributed by atoms with Gasteiger partial charge in [0, 0.05) is 20.3 Å². The van der Waals surface area contributed by atoms with Gasteiger partial charge in [0.1, 0.15) is 11.9 Å². The molecular formula is C14H21FN2O4S. The van der Waals surface area contributed by atoms with E-state index in [2.05, 4.69) is 5.32 Å². The van der Waals surface area contributed by atoms with Gasteiger partial charge in [0.25, 0.3) is 0 Å². The van der Waals surface area contributed by atoms with Crippen LogP contribution in [0.15, 0.2) is 24.3 Å². The molecular weight excluding hydrogens is 311 g/mol. The Morgan fingerprint density at radius 3 is 2.45 bits per heavy atom. The molecule has 6 nitrogen and oxygen atoms in total. The van der Waals surface area contributed by atoms with Crippen LogP contribution in [0.5, 0.6) is 0 Å². The van der Waals surface area contributed by atoms with Crippen molar-refractivity contribution in [2.75, 3.05) is 30.8 Å². The maximum absolute atomic E-state index is 13.0. The summed E-state index contributed by atoms with van der Waals surface area (Å²) in [5, 5.41) is 2.65. The zero-order valence-electron chi connectivity index (χ0n) is 12.9. The Kier molecular flexibility index (Phi) is 6.76. The van der Waals surface area contributed by atoms with Crippen molar-refractivity contribution >= 4 is 21.6 Å². The van der Waals surface area contributed by atoms with E-state index in [1.165, 1.54) is 19.1 Å². The third-order valence-corrected chi connectivity index (χ3v) is 4.24. The van der Waals surface area contributed by atoms with Crippen LogP contribution >= 0.6 is 0 Å². The number of carbonyl (C=O) groups is 1. The highest BCUT2D eigenvalue weighted by molar-refractivity contribution is 7.92. The van der Waals surface area contributed by atoms with Gasteiger partial charge in [0.05, 0.1) is 11.9 Å². The Balaban J connectivity index is 2.88. The Hall–Kier alpha value is -1.67. The molecule has 1 amide bonds. The normalized spacial score (nSPS) is 12.7. The summed E-state index contributed by atoms with van der Waals surface area (Å²) < 4.78 is 42.8. The van der Waals surface area contributed by atoms with Gasteiger partial charge >= 0.3 is 0 Å². The molecule has 1 N–H and O–H groups in total. The SMILES string of the molecule is COCCCNC(=O)C(C)N(c1ccc(F)cc1)S(C)(=O)=O. The van der Waals surface area contributed by atoms with Crippen LogP contribution in [0.2, 0.25) is 0 Å². The van der Waals surface area contributed by atoms with Crippen LogP contribution in [0.3, 0.4) is 0 Å². The number of rotatable bonds is 8. The number of hydrogen-bond donors (Lipinski definition) is 1. The van der Waals surface area contributed by atoms with Crippen LogP contribution < -0.4 is 9.62 Å². The number of hydrogen-bond acceptors (Lipinski definition) is 4. The fraction of sp³-hybridized carbons (Fsp3) is 0.500. The highest BCUT2D eigenvalue weighted by Gasteiger charge is 2.28. The molecule has 0 aromatic heterocycles. The smallest absolute Gasteiger partial charge is 0.243 e. The first-order valence-corrected chi connectivity index (χ1v) is 8.64. The standard InChI is InChI=1S/C14H21FN2O4S/c1-11(14(18)16-9-4-10-21-2)17(22(3,19)20)13-7-5-12(15)6-8-13/h5-8,11H,4,9-10H2,1-3H3,(H,16,18). The molecule has 0 spiro atoms. The first-order valence-electron chi connectivity index (χ1n) is 6.79. The number of benzene rings is 1. The molecule has 8 heteroatoms. The summed E-state index contributed by atoms with van der Waals surface area (Å²) in [6.07, 6.45) is 1.63. The lowest BCUT2D eigenvalue weighted by Crippen LogP contribution is -2.48. The Morgan fingerprint density at radius 1 is 1.36 bits per heavy atom. The van der Waals surface area contributed by atoms with Crippen LogP contribution in [-0.4, -0.2) is 46.9 Å². The van der Waals surface area contributed by atoms with Crippen molar-refractivity contribution in [3.63, 3.8) is 0 Å². The van der Waals surface area contributed by atoms with Gasteiger partial charge < -0.3 is 10.1 Å². The quantitative estimate of drug-likeness (QED) is 0.724. The van der Waals surface area contributed by atoms with Crippen LogP contribution in [0.1, 0.15) is 13.3 Å². The third kappa shape index (κ3) is 5.27. The first-order chi connectivity index (χ1) is 10.3. The lowest BCUT2D eigenvalue weighted by atomic mass is 10.2. The zero-order chi connectivity index (χ0) is 16.8. The summed E-state index contributed by atoms with van der Waals surface area (Å²) in [7, 11) is -2.13. The maximum Gasteiger partial charge on any atom is 0.243 e.